The molecule has 2 rings (SSSR count). The van der Waals surface area contributed by atoms with Crippen molar-refractivity contribution in [3.8, 4) is 5.75 Å². The smallest absolute Gasteiger partial charge is 0.336 e. The van der Waals surface area contributed by atoms with E-state index < -0.39 is 5.63 Å². The molecular weight excluding hydrogens is 191 g/mol. The molecule has 1 N–H and O–H groups in total. The van der Waals surface area contributed by atoms with Gasteiger partial charge in [0.05, 0.1) is 0 Å². The van der Waals surface area contributed by atoms with E-state index in [2.05, 4.69) is 0 Å². The van der Waals surface area contributed by atoms with Crippen LogP contribution in [0.4, 0.5) is 0 Å². The number of phenolic OH excluding ortho intramolecular Hbond substituents is 1. The molecule has 0 unspecified atom stereocenters. The third-order valence-electron chi connectivity index (χ3n) is 1.93. The van der Waals surface area contributed by atoms with Crippen molar-refractivity contribution >= 4 is 40.5 Å². The Balaban J connectivity index is 0.000000980. The van der Waals surface area contributed by atoms with Crippen molar-refractivity contribution in [1.29, 1.82) is 0 Å². The summed E-state index contributed by atoms with van der Waals surface area (Å²) in [6.45, 7) is 1.83. The Labute approximate surface area is 103 Å². The average Bonchev–Trinajstić information content (AvgIpc) is 2.02. The van der Waals surface area contributed by atoms with Gasteiger partial charge < -0.3 is 9.52 Å². The van der Waals surface area contributed by atoms with Crippen molar-refractivity contribution in [1.82, 2.24) is 0 Å². The largest absolute Gasteiger partial charge is 0.508 e. The molecule has 0 bridgehead atoms. The van der Waals surface area contributed by atoms with Gasteiger partial charge in [0, 0.05) is 47.1 Å². The molecule has 0 saturated carbocycles. The Kier molecular flexibility index (Phi) is 3.37. The predicted molar refractivity (Wildman–Crippen MR) is 54.6 cm³/mol. The van der Waals surface area contributed by atoms with Crippen LogP contribution in [0, 0.1) is 6.92 Å². The minimum atomic E-state index is -0.393. The second-order valence-electron chi connectivity index (χ2n) is 2.93. The van der Waals surface area contributed by atoms with E-state index in [-0.39, 0.29) is 35.3 Å². The first-order valence-electron chi connectivity index (χ1n) is 3.90. The van der Waals surface area contributed by atoms with E-state index in [1.165, 1.54) is 12.1 Å². The molecule has 4 heteroatoms. The molecule has 3 nitrogen and oxygen atoms in total. The monoisotopic (exact) mass is 199 g/mol. The molecule has 67 valence electrons. The summed E-state index contributed by atoms with van der Waals surface area (Å²) in [5.41, 5.74) is 0.881. The number of fused-ring (bicyclic) bond motifs is 1. The van der Waals surface area contributed by atoms with Crippen LogP contribution >= 0.6 is 0 Å². The van der Waals surface area contributed by atoms with Crippen molar-refractivity contribution in [2.45, 2.75) is 6.92 Å². The third-order valence-corrected chi connectivity index (χ3v) is 1.93. The molecule has 0 aliphatic carbocycles. The van der Waals surface area contributed by atoms with Crippen LogP contribution in [0.5, 0.6) is 5.75 Å². The molecule has 2 aromatic rings. The number of rotatable bonds is 0. The van der Waals surface area contributed by atoms with Crippen LogP contribution in [0.3, 0.4) is 0 Å². The first-order chi connectivity index (χ1) is 6.16. The van der Waals surface area contributed by atoms with E-state index in [9.17, 15) is 4.79 Å². The molecule has 14 heavy (non-hydrogen) atoms. The quantitative estimate of drug-likeness (QED) is 0.515. The summed E-state index contributed by atoms with van der Waals surface area (Å²) in [6.07, 6.45) is 0. The van der Waals surface area contributed by atoms with E-state index in [0.29, 0.717) is 5.58 Å². The van der Waals surface area contributed by atoms with Crippen molar-refractivity contribution < 1.29 is 9.52 Å². The van der Waals surface area contributed by atoms with Gasteiger partial charge in [0.1, 0.15) is 11.3 Å². The van der Waals surface area contributed by atoms with Gasteiger partial charge in [-0.2, -0.15) is 0 Å². The first kappa shape index (κ1) is 11.3. The predicted octanol–water partition coefficient (Wildman–Crippen LogP) is 1.43. The standard InChI is InChI=1S/C10H8O3.Na/c1-6-4-10(12)13-9-5-7(11)2-3-8(6)9;/h2-5,11H,1H3;. The van der Waals surface area contributed by atoms with Crippen molar-refractivity contribution in [2.24, 2.45) is 0 Å². The number of benzene rings is 1. The maximum Gasteiger partial charge on any atom is 0.336 e. The second-order valence-corrected chi connectivity index (χ2v) is 2.93. The summed E-state index contributed by atoms with van der Waals surface area (Å²) in [5.74, 6) is 0.0984. The fraction of sp³-hybridized carbons (Fsp3) is 0.100. The number of aromatic hydroxyl groups is 1. The number of aryl methyl sites for hydroxylation is 1. The van der Waals surface area contributed by atoms with Gasteiger partial charge in [-0.3, -0.25) is 0 Å². The summed E-state index contributed by atoms with van der Waals surface area (Å²) in [7, 11) is 0. The maximum atomic E-state index is 11.0. The van der Waals surface area contributed by atoms with Crippen molar-refractivity contribution in [3.05, 3.63) is 40.2 Å². The molecule has 1 radical (unpaired) electrons. The van der Waals surface area contributed by atoms with Gasteiger partial charge in [-0.25, -0.2) is 4.79 Å². The molecule has 0 spiro atoms. The SMILES string of the molecule is Cc1cc(=O)oc2cc(O)ccc12.[Na]. The Morgan fingerprint density at radius 1 is 1.29 bits per heavy atom. The maximum absolute atomic E-state index is 11.0. The van der Waals surface area contributed by atoms with Gasteiger partial charge >= 0.3 is 5.63 Å². The topological polar surface area (TPSA) is 50.4 Å². The molecule has 0 aliphatic rings. The second kappa shape index (κ2) is 4.17. The van der Waals surface area contributed by atoms with E-state index in [1.54, 1.807) is 12.1 Å². The summed E-state index contributed by atoms with van der Waals surface area (Å²) in [5, 5.41) is 9.99. The molecule has 1 aromatic heterocycles. The Bertz CT molecular complexity index is 516. The Morgan fingerprint density at radius 3 is 2.71 bits per heavy atom. The zero-order valence-electron chi connectivity index (χ0n) is 8.07. The van der Waals surface area contributed by atoms with Crippen LogP contribution in [0.1, 0.15) is 5.56 Å². The number of hydrogen-bond donors (Lipinski definition) is 1. The fourth-order valence-electron chi connectivity index (χ4n) is 1.31. The molecule has 1 aromatic carbocycles. The Morgan fingerprint density at radius 2 is 2.00 bits per heavy atom. The van der Waals surface area contributed by atoms with Crippen molar-refractivity contribution in [2.75, 3.05) is 0 Å². The fourth-order valence-corrected chi connectivity index (χ4v) is 1.31. The van der Waals surface area contributed by atoms with Gasteiger partial charge in [-0.15, -0.1) is 0 Å². The van der Waals surface area contributed by atoms with Crippen LogP contribution in [0.2, 0.25) is 0 Å². The van der Waals surface area contributed by atoms with Gasteiger partial charge in [-0.05, 0) is 24.6 Å². The van der Waals surface area contributed by atoms with Crippen LogP contribution in [0.15, 0.2) is 33.5 Å². The molecule has 0 saturated heterocycles. The van der Waals surface area contributed by atoms with Gasteiger partial charge in [0.15, 0.2) is 0 Å². The van der Waals surface area contributed by atoms with E-state index >= 15 is 0 Å². The molecular formula is C10H8NaO3. The van der Waals surface area contributed by atoms with E-state index in [1.807, 2.05) is 6.92 Å². The van der Waals surface area contributed by atoms with Crippen LogP contribution in [-0.2, 0) is 0 Å². The molecule has 0 amide bonds. The zero-order valence-corrected chi connectivity index (χ0v) is 10.1. The number of phenols is 1. The number of hydrogen-bond acceptors (Lipinski definition) is 3. The minimum absolute atomic E-state index is 0. The van der Waals surface area contributed by atoms with E-state index in [4.69, 9.17) is 9.52 Å². The molecule has 0 atom stereocenters. The van der Waals surface area contributed by atoms with Crippen LogP contribution < -0.4 is 5.63 Å². The average molecular weight is 199 g/mol. The van der Waals surface area contributed by atoms with Gasteiger partial charge in [-0.1, -0.05) is 0 Å². The van der Waals surface area contributed by atoms with Crippen LogP contribution in [-0.4, -0.2) is 34.7 Å². The summed E-state index contributed by atoms with van der Waals surface area (Å²) in [6, 6.07) is 6.15. The van der Waals surface area contributed by atoms with Gasteiger partial charge in [0.25, 0.3) is 0 Å². The Hall–Kier alpha value is -0.770. The van der Waals surface area contributed by atoms with Crippen LogP contribution in [0.25, 0.3) is 11.0 Å². The minimum Gasteiger partial charge on any atom is -0.508 e. The molecule has 0 fully saturated rings. The van der Waals surface area contributed by atoms with E-state index in [0.717, 1.165) is 10.9 Å². The molecule has 1 heterocycles. The third kappa shape index (κ3) is 2.00. The first-order valence-corrected chi connectivity index (χ1v) is 3.90. The normalized spacial score (nSPS) is 9.79. The zero-order chi connectivity index (χ0) is 9.42. The van der Waals surface area contributed by atoms with Crippen molar-refractivity contribution in [3.63, 3.8) is 0 Å². The molecule has 0 aliphatic heterocycles. The van der Waals surface area contributed by atoms with Gasteiger partial charge in [0.2, 0.25) is 0 Å². The summed E-state index contributed by atoms with van der Waals surface area (Å²) >= 11 is 0. The summed E-state index contributed by atoms with van der Waals surface area (Å²) < 4.78 is 4.91. The summed E-state index contributed by atoms with van der Waals surface area (Å²) in [4.78, 5) is 11.0.